The van der Waals surface area contributed by atoms with Gasteiger partial charge in [0.1, 0.15) is 0 Å². The van der Waals surface area contributed by atoms with Gasteiger partial charge >= 0.3 is 0 Å². The minimum Gasteiger partial charge on any atom is -0.392 e. The highest BCUT2D eigenvalue weighted by molar-refractivity contribution is 5.83. The van der Waals surface area contributed by atoms with Gasteiger partial charge in [0.05, 0.1) is 6.61 Å². The average molecular weight is 189 g/mol. The molecule has 0 aliphatic carbocycles. The highest BCUT2D eigenvalue weighted by atomic mass is 16.3. The fourth-order valence-corrected chi connectivity index (χ4v) is 1.81. The van der Waals surface area contributed by atoms with Crippen molar-refractivity contribution in [3.63, 3.8) is 0 Å². The highest BCUT2D eigenvalue weighted by Gasteiger charge is 2.02. The second-order valence-corrected chi connectivity index (χ2v) is 3.60. The maximum Gasteiger partial charge on any atom is 0.0682 e. The number of hydrogen-bond donors (Lipinski definition) is 2. The first-order valence-corrected chi connectivity index (χ1v) is 5.05. The number of rotatable bonds is 3. The van der Waals surface area contributed by atoms with E-state index in [-0.39, 0.29) is 6.61 Å². The number of aromatic amines is 1. The van der Waals surface area contributed by atoms with Crippen LogP contribution in [-0.2, 0) is 13.0 Å². The van der Waals surface area contributed by atoms with E-state index in [0.29, 0.717) is 0 Å². The monoisotopic (exact) mass is 189 g/mol. The fraction of sp³-hybridized carbons (Fsp3) is 0.333. The Morgan fingerprint density at radius 3 is 2.93 bits per heavy atom. The summed E-state index contributed by atoms with van der Waals surface area (Å²) in [6, 6.07) is 6.08. The van der Waals surface area contributed by atoms with Crippen molar-refractivity contribution in [2.45, 2.75) is 26.4 Å². The topological polar surface area (TPSA) is 36.0 Å². The van der Waals surface area contributed by atoms with Crippen LogP contribution in [0.15, 0.2) is 24.4 Å². The van der Waals surface area contributed by atoms with E-state index in [4.69, 9.17) is 5.11 Å². The van der Waals surface area contributed by atoms with Crippen molar-refractivity contribution < 1.29 is 5.11 Å². The lowest BCUT2D eigenvalue weighted by molar-refractivity contribution is 0.282. The van der Waals surface area contributed by atoms with Crippen LogP contribution in [0.2, 0.25) is 0 Å². The molecule has 2 nitrogen and oxygen atoms in total. The molecule has 0 saturated carbocycles. The predicted molar refractivity (Wildman–Crippen MR) is 58.2 cm³/mol. The first-order chi connectivity index (χ1) is 6.85. The number of H-pyrrole nitrogens is 1. The number of fused-ring (bicyclic) bond motifs is 1. The predicted octanol–water partition coefficient (Wildman–Crippen LogP) is 2.61. The van der Waals surface area contributed by atoms with Crippen molar-refractivity contribution in [1.29, 1.82) is 0 Å². The Morgan fingerprint density at radius 1 is 1.36 bits per heavy atom. The summed E-state index contributed by atoms with van der Waals surface area (Å²) in [6.45, 7) is 2.29. The SMILES string of the molecule is CCCc1c[nH]c2cc(CO)ccc12. The van der Waals surface area contributed by atoms with Crippen molar-refractivity contribution in [3.8, 4) is 0 Å². The van der Waals surface area contributed by atoms with Crippen molar-refractivity contribution in [2.75, 3.05) is 0 Å². The quantitative estimate of drug-likeness (QED) is 0.765. The molecule has 2 heteroatoms. The molecule has 0 atom stereocenters. The van der Waals surface area contributed by atoms with Gasteiger partial charge in [0.15, 0.2) is 0 Å². The third kappa shape index (κ3) is 1.53. The van der Waals surface area contributed by atoms with E-state index in [0.717, 1.165) is 23.9 Å². The van der Waals surface area contributed by atoms with Crippen molar-refractivity contribution in [1.82, 2.24) is 4.98 Å². The van der Waals surface area contributed by atoms with E-state index in [9.17, 15) is 0 Å². The Kier molecular flexibility index (Phi) is 2.55. The van der Waals surface area contributed by atoms with Crippen molar-refractivity contribution in [2.24, 2.45) is 0 Å². The zero-order valence-electron chi connectivity index (χ0n) is 8.38. The van der Waals surface area contributed by atoms with Gasteiger partial charge in [-0.3, -0.25) is 0 Å². The minimum atomic E-state index is 0.109. The molecule has 0 saturated heterocycles. The molecule has 0 aliphatic rings. The molecule has 1 aromatic carbocycles. The molecule has 1 heterocycles. The Labute approximate surface area is 83.6 Å². The normalized spacial score (nSPS) is 11.0. The number of aryl methyl sites for hydroxylation is 1. The van der Waals surface area contributed by atoms with Crippen LogP contribution in [0.5, 0.6) is 0 Å². The molecular weight excluding hydrogens is 174 g/mol. The van der Waals surface area contributed by atoms with Gasteiger partial charge in [-0.1, -0.05) is 25.5 Å². The molecule has 0 spiro atoms. The van der Waals surface area contributed by atoms with Crippen molar-refractivity contribution in [3.05, 3.63) is 35.5 Å². The van der Waals surface area contributed by atoms with Crippen LogP contribution >= 0.6 is 0 Å². The van der Waals surface area contributed by atoms with Crippen LogP contribution in [0.1, 0.15) is 24.5 Å². The van der Waals surface area contributed by atoms with Gasteiger partial charge in [-0.15, -0.1) is 0 Å². The molecular formula is C12H15NO. The van der Waals surface area contributed by atoms with Gasteiger partial charge < -0.3 is 10.1 Å². The van der Waals surface area contributed by atoms with Crippen LogP contribution in [0, 0.1) is 0 Å². The number of aliphatic hydroxyl groups excluding tert-OH is 1. The standard InChI is InChI=1S/C12H15NO/c1-2-3-10-7-13-12-6-9(8-14)4-5-11(10)12/h4-7,13-14H,2-3,8H2,1H3. The van der Waals surface area contributed by atoms with E-state index in [1.54, 1.807) is 0 Å². The van der Waals surface area contributed by atoms with Gasteiger partial charge in [0, 0.05) is 17.1 Å². The number of nitrogens with one attached hydrogen (secondary N) is 1. The smallest absolute Gasteiger partial charge is 0.0682 e. The van der Waals surface area contributed by atoms with Crippen LogP contribution in [0.25, 0.3) is 10.9 Å². The molecule has 0 amide bonds. The molecule has 0 aliphatic heterocycles. The Hall–Kier alpha value is -1.28. The average Bonchev–Trinajstić information content (AvgIpc) is 2.61. The van der Waals surface area contributed by atoms with Gasteiger partial charge in [0.2, 0.25) is 0 Å². The Bertz CT molecular complexity index is 431. The second kappa shape index (κ2) is 3.84. The first-order valence-electron chi connectivity index (χ1n) is 5.05. The summed E-state index contributed by atoms with van der Waals surface area (Å²) in [7, 11) is 0. The molecule has 0 unspecified atom stereocenters. The number of aromatic nitrogens is 1. The van der Waals surface area contributed by atoms with E-state index in [1.165, 1.54) is 10.9 Å². The number of hydrogen-bond acceptors (Lipinski definition) is 1. The molecule has 14 heavy (non-hydrogen) atoms. The first kappa shape index (κ1) is 9.28. The summed E-state index contributed by atoms with van der Waals surface area (Å²) in [6.07, 6.45) is 4.34. The van der Waals surface area contributed by atoms with Crippen LogP contribution in [0.4, 0.5) is 0 Å². The van der Waals surface area contributed by atoms with Gasteiger partial charge in [0.25, 0.3) is 0 Å². The van der Waals surface area contributed by atoms with Gasteiger partial charge in [-0.25, -0.2) is 0 Å². The lowest BCUT2D eigenvalue weighted by Crippen LogP contribution is -1.83. The minimum absolute atomic E-state index is 0.109. The van der Waals surface area contributed by atoms with Crippen LogP contribution < -0.4 is 0 Å². The summed E-state index contributed by atoms with van der Waals surface area (Å²) in [4.78, 5) is 3.24. The lowest BCUT2D eigenvalue weighted by Gasteiger charge is -1.98. The number of benzene rings is 1. The van der Waals surface area contributed by atoms with E-state index < -0.39 is 0 Å². The Morgan fingerprint density at radius 2 is 2.21 bits per heavy atom. The van der Waals surface area contributed by atoms with E-state index >= 15 is 0 Å². The molecule has 2 aromatic rings. The Balaban J connectivity index is 2.48. The summed E-state index contributed by atoms with van der Waals surface area (Å²) in [5, 5.41) is 10.3. The summed E-state index contributed by atoms with van der Waals surface area (Å²) >= 11 is 0. The summed E-state index contributed by atoms with van der Waals surface area (Å²) in [5.74, 6) is 0. The van der Waals surface area contributed by atoms with E-state index in [1.807, 2.05) is 12.1 Å². The maximum absolute atomic E-state index is 8.99. The van der Waals surface area contributed by atoms with E-state index in [2.05, 4.69) is 24.2 Å². The fourth-order valence-electron chi connectivity index (χ4n) is 1.81. The highest BCUT2D eigenvalue weighted by Crippen LogP contribution is 2.20. The number of aliphatic hydroxyl groups is 1. The largest absolute Gasteiger partial charge is 0.392 e. The molecule has 2 N–H and O–H groups in total. The zero-order valence-corrected chi connectivity index (χ0v) is 8.38. The molecule has 0 bridgehead atoms. The van der Waals surface area contributed by atoms with Gasteiger partial charge in [-0.2, -0.15) is 0 Å². The summed E-state index contributed by atoms with van der Waals surface area (Å²) in [5.41, 5.74) is 3.45. The molecule has 0 radical (unpaired) electrons. The van der Waals surface area contributed by atoms with Crippen molar-refractivity contribution >= 4 is 10.9 Å². The third-order valence-electron chi connectivity index (χ3n) is 2.53. The molecule has 1 aromatic heterocycles. The zero-order chi connectivity index (χ0) is 9.97. The summed E-state index contributed by atoms with van der Waals surface area (Å²) < 4.78 is 0. The second-order valence-electron chi connectivity index (χ2n) is 3.60. The molecule has 0 fully saturated rings. The van der Waals surface area contributed by atoms with Crippen LogP contribution in [0.3, 0.4) is 0 Å². The molecule has 74 valence electrons. The van der Waals surface area contributed by atoms with Gasteiger partial charge in [-0.05, 0) is 23.6 Å². The lowest BCUT2D eigenvalue weighted by atomic mass is 10.1. The molecule has 2 rings (SSSR count). The third-order valence-corrected chi connectivity index (χ3v) is 2.53. The van der Waals surface area contributed by atoms with Crippen LogP contribution in [-0.4, -0.2) is 10.1 Å². The maximum atomic E-state index is 8.99.